The van der Waals surface area contributed by atoms with Gasteiger partial charge in [-0.3, -0.25) is 4.79 Å². The van der Waals surface area contributed by atoms with Crippen LogP contribution in [-0.4, -0.2) is 47.4 Å². The van der Waals surface area contributed by atoms with Gasteiger partial charge in [-0.2, -0.15) is 23.3 Å². The highest BCUT2D eigenvalue weighted by Gasteiger charge is 2.68. The third-order valence-corrected chi connectivity index (χ3v) is 4.94. The van der Waals surface area contributed by atoms with Crippen molar-refractivity contribution in [1.29, 1.82) is 0 Å². The molecule has 9 heteroatoms. The van der Waals surface area contributed by atoms with Gasteiger partial charge in [-0.1, -0.05) is 25.0 Å². The molecule has 1 aliphatic carbocycles. The predicted molar refractivity (Wildman–Crippen MR) is 90.3 cm³/mol. The first kappa shape index (κ1) is 19.5. The molecular weight excluding hydrogens is 365 g/mol. The highest BCUT2D eigenvalue weighted by Crippen LogP contribution is 2.47. The zero-order chi connectivity index (χ0) is 19.7. The van der Waals surface area contributed by atoms with E-state index in [0.29, 0.717) is 25.0 Å². The van der Waals surface area contributed by atoms with Crippen molar-refractivity contribution < 1.29 is 32.5 Å². The fourth-order valence-electron chi connectivity index (χ4n) is 3.58. The molecule has 1 N–H and O–H groups in total. The van der Waals surface area contributed by atoms with Gasteiger partial charge in [0.15, 0.2) is 18.1 Å². The SMILES string of the molecule is COc1ccccc1OCC(=O)N1N=C2CCCCC[C@H]2[C@]1(O)C(F)(F)F. The summed E-state index contributed by atoms with van der Waals surface area (Å²) in [4.78, 5) is 12.5. The topological polar surface area (TPSA) is 71.4 Å². The van der Waals surface area contributed by atoms with E-state index in [9.17, 15) is 23.1 Å². The van der Waals surface area contributed by atoms with Crippen molar-refractivity contribution in [3.63, 3.8) is 0 Å². The van der Waals surface area contributed by atoms with Crippen molar-refractivity contribution in [3.05, 3.63) is 24.3 Å². The molecule has 2 atom stereocenters. The number of alkyl halides is 3. The van der Waals surface area contributed by atoms with Crippen LogP contribution in [0.4, 0.5) is 13.2 Å². The predicted octanol–water partition coefficient (Wildman–Crippen LogP) is 3.10. The maximum absolute atomic E-state index is 13.8. The number of benzene rings is 1. The fourth-order valence-corrected chi connectivity index (χ4v) is 3.58. The van der Waals surface area contributed by atoms with Gasteiger partial charge < -0.3 is 14.6 Å². The molecule has 0 radical (unpaired) electrons. The number of para-hydroxylation sites is 2. The van der Waals surface area contributed by atoms with E-state index in [1.165, 1.54) is 13.2 Å². The van der Waals surface area contributed by atoms with Crippen LogP contribution in [-0.2, 0) is 4.79 Å². The number of hydrazone groups is 1. The molecular formula is C18H21F3N2O4. The molecule has 2 aliphatic rings. The lowest BCUT2D eigenvalue weighted by atomic mass is 9.87. The molecule has 0 saturated heterocycles. The Balaban J connectivity index is 1.83. The average molecular weight is 386 g/mol. The molecule has 0 bridgehead atoms. The molecule has 148 valence electrons. The molecule has 1 fully saturated rings. The second-order valence-corrected chi connectivity index (χ2v) is 6.61. The lowest BCUT2D eigenvalue weighted by Gasteiger charge is -2.37. The van der Waals surface area contributed by atoms with Crippen LogP contribution in [0, 0.1) is 5.92 Å². The van der Waals surface area contributed by atoms with Crippen LogP contribution in [0.15, 0.2) is 29.4 Å². The summed E-state index contributed by atoms with van der Waals surface area (Å²) in [5, 5.41) is 14.6. The van der Waals surface area contributed by atoms with E-state index in [-0.39, 0.29) is 22.9 Å². The van der Waals surface area contributed by atoms with E-state index >= 15 is 0 Å². The van der Waals surface area contributed by atoms with Crippen LogP contribution < -0.4 is 9.47 Å². The zero-order valence-corrected chi connectivity index (χ0v) is 14.8. The second kappa shape index (κ2) is 7.38. The van der Waals surface area contributed by atoms with Gasteiger partial charge >= 0.3 is 6.18 Å². The van der Waals surface area contributed by atoms with Crippen molar-refractivity contribution in [2.45, 2.75) is 44.0 Å². The van der Waals surface area contributed by atoms with Gasteiger partial charge in [0, 0.05) is 5.71 Å². The Kier molecular flexibility index (Phi) is 5.32. The first-order valence-corrected chi connectivity index (χ1v) is 8.74. The van der Waals surface area contributed by atoms with E-state index in [2.05, 4.69) is 5.10 Å². The summed E-state index contributed by atoms with van der Waals surface area (Å²) in [6, 6.07) is 6.46. The molecule has 6 nitrogen and oxygen atoms in total. The first-order chi connectivity index (χ1) is 12.8. The Morgan fingerprint density at radius 2 is 2.00 bits per heavy atom. The number of hydrogen-bond acceptors (Lipinski definition) is 5. The Bertz CT molecular complexity index is 738. The highest BCUT2D eigenvalue weighted by molar-refractivity contribution is 5.93. The average Bonchev–Trinajstić information content (AvgIpc) is 2.79. The second-order valence-electron chi connectivity index (χ2n) is 6.61. The number of halogens is 3. The lowest BCUT2D eigenvalue weighted by molar-refractivity contribution is -0.317. The molecule has 3 rings (SSSR count). The summed E-state index contributed by atoms with van der Waals surface area (Å²) >= 11 is 0. The fraction of sp³-hybridized carbons (Fsp3) is 0.556. The smallest absolute Gasteiger partial charge is 0.439 e. The third-order valence-electron chi connectivity index (χ3n) is 4.94. The van der Waals surface area contributed by atoms with E-state index in [1.807, 2.05) is 0 Å². The van der Waals surface area contributed by atoms with Crippen LogP contribution >= 0.6 is 0 Å². The van der Waals surface area contributed by atoms with Gasteiger partial charge in [0.25, 0.3) is 11.6 Å². The van der Waals surface area contributed by atoms with Crippen molar-refractivity contribution >= 4 is 11.6 Å². The van der Waals surface area contributed by atoms with Crippen LogP contribution in [0.25, 0.3) is 0 Å². The van der Waals surface area contributed by atoms with Crippen molar-refractivity contribution in [2.24, 2.45) is 11.0 Å². The van der Waals surface area contributed by atoms with E-state index in [4.69, 9.17) is 9.47 Å². The van der Waals surface area contributed by atoms with Gasteiger partial charge in [0.05, 0.1) is 13.0 Å². The number of ether oxygens (including phenoxy) is 2. The number of fused-ring (bicyclic) bond motifs is 1. The van der Waals surface area contributed by atoms with Gasteiger partial charge in [-0.05, 0) is 31.4 Å². The molecule has 1 saturated carbocycles. The lowest BCUT2D eigenvalue weighted by Crippen LogP contribution is -2.61. The minimum atomic E-state index is -5.03. The molecule has 27 heavy (non-hydrogen) atoms. The van der Waals surface area contributed by atoms with Crippen LogP contribution in [0.3, 0.4) is 0 Å². The zero-order valence-electron chi connectivity index (χ0n) is 14.8. The molecule has 0 spiro atoms. The monoisotopic (exact) mass is 386 g/mol. The number of aliphatic hydroxyl groups is 1. The van der Waals surface area contributed by atoms with Gasteiger partial charge in [-0.25, -0.2) is 0 Å². The summed E-state index contributed by atoms with van der Waals surface area (Å²) < 4.78 is 51.7. The molecule has 1 aromatic carbocycles. The normalized spacial score (nSPS) is 25.4. The van der Waals surface area contributed by atoms with Gasteiger partial charge in [-0.15, -0.1) is 0 Å². The summed E-state index contributed by atoms with van der Waals surface area (Å²) in [6.45, 7) is -0.706. The minimum absolute atomic E-state index is 0.131. The maximum Gasteiger partial charge on any atom is 0.439 e. The number of carbonyl (C=O) groups is 1. The minimum Gasteiger partial charge on any atom is -0.493 e. The Morgan fingerprint density at radius 3 is 2.67 bits per heavy atom. The quantitative estimate of drug-likeness (QED) is 0.863. The summed E-state index contributed by atoms with van der Waals surface area (Å²) in [5.41, 5.74) is -3.12. The Hall–Kier alpha value is -2.29. The molecule has 0 aromatic heterocycles. The molecule has 1 amide bonds. The summed E-state index contributed by atoms with van der Waals surface area (Å²) in [6.07, 6.45) is -2.57. The standard InChI is InChI=1S/C18H21F3N2O4/c1-26-14-9-5-6-10-15(14)27-11-16(24)23-17(25,18(19,20)21)12-7-3-2-4-8-13(12)22-23/h5-6,9-10,12,25H,2-4,7-8,11H2,1H3/t12-,17+/m1/s1. The third kappa shape index (κ3) is 3.47. The first-order valence-electron chi connectivity index (χ1n) is 8.74. The molecule has 0 unspecified atom stereocenters. The number of nitrogens with zero attached hydrogens (tertiary/aromatic N) is 2. The Morgan fingerprint density at radius 1 is 1.30 bits per heavy atom. The Labute approximate surface area is 154 Å². The number of methoxy groups -OCH3 is 1. The van der Waals surface area contributed by atoms with Gasteiger partial charge in [0.1, 0.15) is 0 Å². The van der Waals surface area contributed by atoms with Gasteiger partial charge in [0.2, 0.25) is 0 Å². The van der Waals surface area contributed by atoms with Crippen LogP contribution in [0.2, 0.25) is 0 Å². The van der Waals surface area contributed by atoms with Crippen LogP contribution in [0.1, 0.15) is 32.1 Å². The molecule has 1 aliphatic heterocycles. The highest BCUT2D eigenvalue weighted by atomic mass is 19.4. The molecule has 1 heterocycles. The van der Waals surface area contributed by atoms with Crippen molar-refractivity contribution in [1.82, 2.24) is 5.01 Å². The number of amides is 1. The number of rotatable bonds is 4. The van der Waals surface area contributed by atoms with Crippen LogP contribution in [0.5, 0.6) is 11.5 Å². The number of hydrogen-bond donors (Lipinski definition) is 1. The summed E-state index contributed by atoms with van der Waals surface area (Å²) in [7, 11) is 1.41. The van der Waals surface area contributed by atoms with E-state index in [0.717, 1.165) is 6.42 Å². The van der Waals surface area contributed by atoms with E-state index in [1.54, 1.807) is 18.2 Å². The van der Waals surface area contributed by atoms with Crippen molar-refractivity contribution in [2.75, 3.05) is 13.7 Å². The largest absolute Gasteiger partial charge is 0.493 e. The molecule has 1 aromatic rings. The summed E-state index contributed by atoms with van der Waals surface area (Å²) in [5.74, 6) is -1.75. The van der Waals surface area contributed by atoms with E-state index < -0.39 is 30.3 Å². The number of carbonyl (C=O) groups excluding carboxylic acids is 1. The maximum atomic E-state index is 13.8. The van der Waals surface area contributed by atoms with Crippen molar-refractivity contribution in [3.8, 4) is 11.5 Å².